The molecule has 0 aromatic carbocycles. The molecule has 2 N–H and O–H groups in total. The zero-order valence-electron chi connectivity index (χ0n) is 7.41. The Kier molecular flexibility index (Phi) is 8.02. The molecule has 0 spiro atoms. The summed E-state index contributed by atoms with van der Waals surface area (Å²) in [6, 6.07) is 0. The average Bonchev–Trinajstić information content (AvgIpc) is 2.04. The molecule has 4 nitrogen and oxygen atoms in total. The lowest BCUT2D eigenvalue weighted by atomic mass is 10.6. The van der Waals surface area contributed by atoms with E-state index in [9.17, 15) is 9.59 Å². The Balaban J connectivity index is 3.25. The summed E-state index contributed by atoms with van der Waals surface area (Å²) in [5, 5.41) is 11.0. The van der Waals surface area contributed by atoms with E-state index in [4.69, 9.17) is 5.11 Å². The van der Waals surface area contributed by atoms with Gasteiger partial charge in [-0.05, 0) is 6.26 Å². The second-order valence-electron chi connectivity index (χ2n) is 2.23. The Morgan fingerprint density at radius 1 is 1.38 bits per heavy atom. The van der Waals surface area contributed by atoms with Crippen molar-refractivity contribution in [2.24, 2.45) is 0 Å². The molecule has 0 rings (SSSR count). The van der Waals surface area contributed by atoms with Crippen LogP contribution < -0.4 is 5.32 Å². The summed E-state index contributed by atoms with van der Waals surface area (Å²) < 4.78 is 0. The lowest BCUT2D eigenvalue weighted by Crippen LogP contribution is -2.27. The van der Waals surface area contributed by atoms with E-state index in [-0.39, 0.29) is 17.4 Å². The van der Waals surface area contributed by atoms with E-state index in [0.29, 0.717) is 6.54 Å². The van der Waals surface area contributed by atoms with Crippen molar-refractivity contribution in [2.45, 2.75) is 0 Å². The topological polar surface area (TPSA) is 66.4 Å². The number of nitrogens with one attached hydrogen (secondary N) is 1. The van der Waals surface area contributed by atoms with Gasteiger partial charge in [-0.15, -0.1) is 11.8 Å². The van der Waals surface area contributed by atoms with Crippen LogP contribution in [-0.4, -0.2) is 47.0 Å². The van der Waals surface area contributed by atoms with Gasteiger partial charge in [-0.1, -0.05) is 0 Å². The second-order valence-corrected chi connectivity index (χ2v) is 4.20. The van der Waals surface area contributed by atoms with E-state index in [1.807, 2.05) is 6.26 Å². The molecule has 76 valence electrons. The summed E-state index contributed by atoms with van der Waals surface area (Å²) in [4.78, 5) is 21.1. The van der Waals surface area contributed by atoms with Crippen molar-refractivity contribution in [3.63, 3.8) is 0 Å². The number of hydrogen-bond acceptors (Lipinski definition) is 4. The number of carboxylic acids is 1. The molecule has 13 heavy (non-hydrogen) atoms. The highest BCUT2D eigenvalue weighted by Gasteiger charge is 2.02. The Bertz CT molecular complexity index is 175. The van der Waals surface area contributed by atoms with Crippen molar-refractivity contribution in [3.8, 4) is 0 Å². The lowest BCUT2D eigenvalue weighted by molar-refractivity contribution is -0.133. The van der Waals surface area contributed by atoms with Crippen LogP contribution in [0.15, 0.2) is 0 Å². The van der Waals surface area contributed by atoms with Crippen LogP contribution in [0.5, 0.6) is 0 Å². The minimum Gasteiger partial charge on any atom is -0.481 e. The quantitative estimate of drug-likeness (QED) is 0.607. The molecule has 0 radical (unpaired) electrons. The largest absolute Gasteiger partial charge is 0.481 e. The number of carboxylic acid groups (broad SMARTS) is 1. The molecule has 0 aliphatic carbocycles. The average molecular weight is 223 g/mol. The first-order valence-corrected chi connectivity index (χ1v) is 6.27. The van der Waals surface area contributed by atoms with Gasteiger partial charge in [0.15, 0.2) is 0 Å². The van der Waals surface area contributed by atoms with Crippen LogP contribution in [0.1, 0.15) is 0 Å². The fourth-order valence-corrected chi connectivity index (χ4v) is 1.44. The molecular formula is C7H13NO3S2. The molecular weight excluding hydrogens is 210 g/mol. The third kappa shape index (κ3) is 9.55. The van der Waals surface area contributed by atoms with Crippen LogP contribution in [-0.2, 0) is 9.59 Å². The number of aliphatic carboxylic acids is 1. The van der Waals surface area contributed by atoms with Crippen LogP contribution in [0.4, 0.5) is 0 Å². The summed E-state index contributed by atoms with van der Waals surface area (Å²) in [5.74, 6) is 0.105. The summed E-state index contributed by atoms with van der Waals surface area (Å²) in [6.45, 7) is 0.646. The molecule has 0 aliphatic rings. The highest BCUT2D eigenvalue weighted by Crippen LogP contribution is 1.98. The Hall–Kier alpha value is -0.360. The minimum absolute atomic E-state index is 0.0179. The number of carbonyl (C=O) groups is 2. The number of hydrogen-bond donors (Lipinski definition) is 2. The van der Waals surface area contributed by atoms with Crippen LogP contribution in [0.3, 0.4) is 0 Å². The van der Waals surface area contributed by atoms with Gasteiger partial charge in [-0.3, -0.25) is 9.59 Å². The highest BCUT2D eigenvalue weighted by molar-refractivity contribution is 8.00. The van der Waals surface area contributed by atoms with Crippen LogP contribution >= 0.6 is 23.5 Å². The van der Waals surface area contributed by atoms with Gasteiger partial charge in [0.25, 0.3) is 0 Å². The van der Waals surface area contributed by atoms with Gasteiger partial charge in [0.1, 0.15) is 0 Å². The standard InChI is InChI=1S/C7H13NO3S2/c1-12-3-2-8-6(9)4-13-5-7(10)11/h2-5H2,1H3,(H,8,9)(H,10,11). The molecule has 0 aliphatic heterocycles. The first-order valence-electron chi connectivity index (χ1n) is 3.72. The van der Waals surface area contributed by atoms with Gasteiger partial charge >= 0.3 is 5.97 Å². The maximum atomic E-state index is 11.0. The normalized spacial score (nSPS) is 9.62. The highest BCUT2D eigenvalue weighted by atomic mass is 32.2. The Morgan fingerprint density at radius 2 is 2.08 bits per heavy atom. The van der Waals surface area contributed by atoms with E-state index in [1.165, 1.54) is 0 Å². The second kappa shape index (κ2) is 8.25. The van der Waals surface area contributed by atoms with Crippen molar-refractivity contribution in [3.05, 3.63) is 0 Å². The summed E-state index contributed by atoms with van der Waals surface area (Å²) in [7, 11) is 0. The van der Waals surface area contributed by atoms with Gasteiger partial charge in [-0.25, -0.2) is 0 Å². The van der Waals surface area contributed by atoms with Gasteiger partial charge in [-0.2, -0.15) is 11.8 Å². The molecule has 1 amide bonds. The van der Waals surface area contributed by atoms with Crippen LogP contribution in [0.25, 0.3) is 0 Å². The first kappa shape index (κ1) is 12.6. The molecule has 0 heterocycles. The smallest absolute Gasteiger partial charge is 0.313 e. The van der Waals surface area contributed by atoms with E-state index in [1.54, 1.807) is 11.8 Å². The maximum absolute atomic E-state index is 11.0. The van der Waals surface area contributed by atoms with Crippen molar-refractivity contribution in [1.82, 2.24) is 5.32 Å². The number of rotatable bonds is 7. The SMILES string of the molecule is CSCCNC(=O)CSCC(=O)O. The van der Waals surface area contributed by atoms with Crippen molar-refractivity contribution in [2.75, 3.05) is 30.1 Å². The third-order valence-electron chi connectivity index (χ3n) is 1.09. The van der Waals surface area contributed by atoms with Gasteiger partial charge in [0.05, 0.1) is 11.5 Å². The Labute approximate surface area is 85.8 Å². The molecule has 0 fully saturated rings. The predicted molar refractivity (Wildman–Crippen MR) is 56.4 cm³/mol. The summed E-state index contributed by atoms with van der Waals surface area (Å²) in [5.41, 5.74) is 0. The van der Waals surface area contributed by atoms with Gasteiger partial charge < -0.3 is 10.4 Å². The molecule has 6 heteroatoms. The molecule has 0 saturated carbocycles. The maximum Gasteiger partial charge on any atom is 0.313 e. The molecule has 0 unspecified atom stereocenters. The van der Waals surface area contributed by atoms with Crippen molar-refractivity contribution in [1.29, 1.82) is 0 Å². The third-order valence-corrected chi connectivity index (χ3v) is 2.62. The van der Waals surface area contributed by atoms with Crippen LogP contribution in [0.2, 0.25) is 0 Å². The minimum atomic E-state index is -0.887. The number of amides is 1. The summed E-state index contributed by atoms with van der Waals surface area (Å²) >= 11 is 2.77. The predicted octanol–water partition coefficient (Wildman–Crippen LogP) is 0.283. The molecule has 0 saturated heterocycles. The fourth-order valence-electron chi connectivity index (χ4n) is 0.575. The first-order chi connectivity index (χ1) is 6.16. The van der Waals surface area contributed by atoms with Gasteiger partial charge in [0, 0.05) is 12.3 Å². The monoisotopic (exact) mass is 223 g/mol. The lowest BCUT2D eigenvalue weighted by Gasteiger charge is -2.02. The molecule has 0 aromatic heterocycles. The summed E-state index contributed by atoms with van der Waals surface area (Å²) in [6.07, 6.45) is 1.96. The van der Waals surface area contributed by atoms with Gasteiger partial charge in [0.2, 0.25) is 5.91 Å². The zero-order valence-corrected chi connectivity index (χ0v) is 9.04. The fraction of sp³-hybridized carbons (Fsp3) is 0.714. The number of thioether (sulfide) groups is 2. The molecule has 0 atom stereocenters. The van der Waals surface area contributed by atoms with Crippen molar-refractivity contribution < 1.29 is 14.7 Å². The van der Waals surface area contributed by atoms with E-state index >= 15 is 0 Å². The number of carbonyl (C=O) groups excluding carboxylic acids is 1. The van der Waals surface area contributed by atoms with E-state index < -0.39 is 5.97 Å². The van der Waals surface area contributed by atoms with E-state index in [2.05, 4.69) is 5.32 Å². The Morgan fingerprint density at radius 3 is 2.62 bits per heavy atom. The van der Waals surface area contributed by atoms with Crippen LogP contribution in [0, 0.1) is 0 Å². The molecule has 0 aromatic rings. The zero-order chi connectivity index (χ0) is 10.1. The molecule has 0 bridgehead atoms. The van der Waals surface area contributed by atoms with Crippen molar-refractivity contribution >= 4 is 35.4 Å². The van der Waals surface area contributed by atoms with E-state index in [0.717, 1.165) is 17.5 Å².